The van der Waals surface area contributed by atoms with Gasteiger partial charge in [-0.1, -0.05) is 59.3 Å². The van der Waals surface area contributed by atoms with Crippen molar-refractivity contribution >= 4 is 8.38 Å². The van der Waals surface area contributed by atoms with Crippen LogP contribution in [0.2, 0.25) is 0 Å². The zero-order chi connectivity index (χ0) is 13.5. The molecule has 2 nitrogen and oxygen atoms in total. The number of rotatable bonds is 14. The lowest BCUT2D eigenvalue weighted by Crippen LogP contribution is -1.98. The summed E-state index contributed by atoms with van der Waals surface area (Å²) in [5.41, 5.74) is 0. The van der Waals surface area contributed by atoms with Gasteiger partial charge in [0.1, 0.15) is 0 Å². The molecule has 0 radical (unpaired) electrons. The van der Waals surface area contributed by atoms with Gasteiger partial charge in [0.25, 0.3) is 0 Å². The number of unbranched alkanes of at least 4 members (excludes halogenated alkanes) is 6. The second kappa shape index (κ2) is 15.4. The largest absolute Gasteiger partial charge is 0.334 e. The fraction of sp³-hybridized carbons (Fsp3) is 1.00. The Balaban J connectivity index is 3.45. The summed E-state index contributed by atoms with van der Waals surface area (Å²) in [6, 6.07) is 0. The van der Waals surface area contributed by atoms with E-state index in [0.717, 1.165) is 25.8 Å². The minimum atomic E-state index is -0.603. The van der Waals surface area contributed by atoms with Crippen molar-refractivity contribution < 1.29 is 9.05 Å². The van der Waals surface area contributed by atoms with Crippen molar-refractivity contribution in [2.75, 3.05) is 19.4 Å². The molecule has 0 saturated carbocycles. The van der Waals surface area contributed by atoms with E-state index in [9.17, 15) is 0 Å². The van der Waals surface area contributed by atoms with Crippen LogP contribution in [0.4, 0.5) is 0 Å². The van der Waals surface area contributed by atoms with Gasteiger partial charge in [-0.05, 0) is 19.3 Å². The fourth-order valence-corrected chi connectivity index (χ4v) is 3.10. The first-order valence-electron chi connectivity index (χ1n) is 7.88. The second-order valence-corrected chi connectivity index (χ2v) is 6.47. The zero-order valence-corrected chi connectivity index (χ0v) is 13.6. The summed E-state index contributed by atoms with van der Waals surface area (Å²) in [5, 5.41) is 0. The van der Waals surface area contributed by atoms with E-state index in [1.807, 2.05) is 0 Å². The molecule has 0 aliphatic rings. The van der Waals surface area contributed by atoms with Crippen LogP contribution in [-0.2, 0) is 9.05 Å². The highest BCUT2D eigenvalue weighted by Crippen LogP contribution is 2.39. The fourth-order valence-electron chi connectivity index (χ4n) is 1.74. The van der Waals surface area contributed by atoms with Crippen LogP contribution in [0.3, 0.4) is 0 Å². The van der Waals surface area contributed by atoms with Crippen molar-refractivity contribution in [3.05, 3.63) is 0 Å². The van der Waals surface area contributed by atoms with E-state index in [1.54, 1.807) is 0 Å². The van der Waals surface area contributed by atoms with Gasteiger partial charge in [0, 0.05) is 6.16 Å². The molecule has 0 aromatic rings. The molecule has 0 unspecified atom stereocenters. The van der Waals surface area contributed by atoms with Crippen LogP contribution in [0.25, 0.3) is 0 Å². The van der Waals surface area contributed by atoms with Gasteiger partial charge < -0.3 is 9.05 Å². The van der Waals surface area contributed by atoms with Gasteiger partial charge in [-0.3, -0.25) is 0 Å². The SMILES string of the molecule is CCCCCCOP(CCC)OCCCCCC. The van der Waals surface area contributed by atoms with Gasteiger partial charge in [-0.25, -0.2) is 0 Å². The molecule has 0 saturated heterocycles. The highest BCUT2D eigenvalue weighted by atomic mass is 31.2. The van der Waals surface area contributed by atoms with Crippen molar-refractivity contribution in [1.29, 1.82) is 0 Å². The van der Waals surface area contributed by atoms with E-state index in [1.165, 1.54) is 51.4 Å². The van der Waals surface area contributed by atoms with Crippen molar-refractivity contribution in [3.8, 4) is 0 Å². The average Bonchev–Trinajstić information content (AvgIpc) is 2.38. The molecule has 0 N–H and O–H groups in total. The molecule has 0 rings (SSSR count). The van der Waals surface area contributed by atoms with Crippen LogP contribution in [0.15, 0.2) is 0 Å². The van der Waals surface area contributed by atoms with Gasteiger partial charge >= 0.3 is 0 Å². The first kappa shape index (κ1) is 18.4. The Kier molecular flexibility index (Phi) is 15.7. The van der Waals surface area contributed by atoms with Gasteiger partial charge in [0.2, 0.25) is 0 Å². The van der Waals surface area contributed by atoms with E-state index in [0.29, 0.717) is 0 Å². The van der Waals surface area contributed by atoms with Crippen molar-refractivity contribution in [3.63, 3.8) is 0 Å². The van der Waals surface area contributed by atoms with E-state index < -0.39 is 8.38 Å². The topological polar surface area (TPSA) is 18.5 Å². The Hall–Kier alpha value is 0.350. The van der Waals surface area contributed by atoms with Crippen molar-refractivity contribution in [2.24, 2.45) is 0 Å². The first-order valence-corrected chi connectivity index (χ1v) is 9.24. The highest BCUT2D eigenvalue weighted by Gasteiger charge is 2.08. The molecule has 3 heteroatoms. The summed E-state index contributed by atoms with van der Waals surface area (Å²) < 4.78 is 11.8. The third-order valence-corrected chi connectivity index (χ3v) is 4.63. The number of hydrogen-bond acceptors (Lipinski definition) is 2. The lowest BCUT2D eigenvalue weighted by Gasteiger charge is -2.16. The molecule has 0 aromatic carbocycles. The highest BCUT2D eigenvalue weighted by molar-refractivity contribution is 7.47. The van der Waals surface area contributed by atoms with Crippen LogP contribution >= 0.6 is 8.38 Å². The Labute approximate surface area is 116 Å². The predicted octanol–water partition coefficient (Wildman–Crippen LogP) is 5.90. The van der Waals surface area contributed by atoms with E-state index >= 15 is 0 Å². The normalized spacial score (nSPS) is 11.3. The molecule has 0 spiro atoms. The second-order valence-electron chi connectivity index (χ2n) is 4.84. The predicted molar refractivity (Wildman–Crippen MR) is 82.3 cm³/mol. The molecule has 0 heterocycles. The lowest BCUT2D eigenvalue weighted by atomic mass is 10.2. The quantitative estimate of drug-likeness (QED) is 0.290. The molecular weight excluding hydrogens is 243 g/mol. The van der Waals surface area contributed by atoms with E-state index in [4.69, 9.17) is 9.05 Å². The maximum absolute atomic E-state index is 5.88. The van der Waals surface area contributed by atoms with E-state index in [-0.39, 0.29) is 0 Å². The molecule has 0 aliphatic heterocycles. The van der Waals surface area contributed by atoms with Crippen LogP contribution in [-0.4, -0.2) is 19.4 Å². The Bertz CT molecular complexity index is 139. The van der Waals surface area contributed by atoms with Gasteiger partial charge in [0.05, 0.1) is 13.2 Å². The summed E-state index contributed by atoms with van der Waals surface area (Å²) in [7, 11) is -0.603. The minimum Gasteiger partial charge on any atom is -0.334 e. The van der Waals surface area contributed by atoms with Crippen LogP contribution in [0, 0.1) is 0 Å². The summed E-state index contributed by atoms with van der Waals surface area (Å²) >= 11 is 0. The van der Waals surface area contributed by atoms with Crippen molar-refractivity contribution in [1.82, 2.24) is 0 Å². The van der Waals surface area contributed by atoms with Crippen LogP contribution in [0.1, 0.15) is 78.6 Å². The Morgan fingerprint density at radius 1 is 0.611 bits per heavy atom. The summed E-state index contributed by atoms with van der Waals surface area (Å²) in [6.45, 7) is 8.46. The molecule has 0 bridgehead atoms. The van der Waals surface area contributed by atoms with Gasteiger partial charge in [-0.2, -0.15) is 0 Å². The molecule has 0 aliphatic carbocycles. The molecular formula is C15H33O2P. The Morgan fingerprint density at radius 2 is 1.11 bits per heavy atom. The van der Waals surface area contributed by atoms with Gasteiger partial charge in [0.15, 0.2) is 8.38 Å². The lowest BCUT2D eigenvalue weighted by molar-refractivity contribution is 0.240. The Morgan fingerprint density at radius 3 is 1.50 bits per heavy atom. The minimum absolute atomic E-state index is 0.603. The number of hydrogen-bond donors (Lipinski definition) is 0. The molecule has 18 heavy (non-hydrogen) atoms. The third-order valence-electron chi connectivity index (χ3n) is 2.87. The summed E-state index contributed by atoms with van der Waals surface area (Å²) in [4.78, 5) is 0. The maximum atomic E-state index is 5.88. The maximum Gasteiger partial charge on any atom is 0.170 e. The summed E-state index contributed by atoms with van der Waals surface area (Å²) in [5.74, 6) is 0. The average molecular weight is 276 g/mol. The zero-order valence-electron chi connectivity index (χ0n) is 12.7. The molecule has 110 valence electrons. The monoisotopic (exact) mass is 276 g/mol. The molecule has 0 atom stereocenters. The smallest absolute Gasteiger partial charge is 0.170 e. The van der Waals surface area contributed by atoms with Crippen LogP contribution < -0.4 is 0 Å². The van der Waals surface area contributed by atoms with Crippen molar-refractivity contribution in [2.45, 2.75) is 78.6 Å². The molecule has 0 amide bonds. The van der Waals surface area contributed by atoms with E-state index in [2.05, 4.69) is 20.8 Å². The van der Waals surface area contributed by atoms with Crippen LogP contribution in [0.5, 0.6) is 0 Å². The third kappa shape index (κ3) is 12.8. The molecule has 0 aromatic heterocycles. The van der Waals surface area contributed by atoms with Gasteiger partial charge in [-0.15, -0.1) is 0 Å². The first-order chi connectivity index (χ1) is 8.85. The standard InChI is InChI=1S/C15H33O2P/c1-4-7-9-11-13-16-18(15-6-3)17-14-12-10-8-5-2/h4-15H2,1-3H3. The summed E-state index contributed by atoms with van der Waals surface area (Å²) in [6.07, 6.45) is 12.5. The molecule has 0 fully saturated rings.